The molecule has 0 unspecified atom stereocenters. The van der Waals surface area contributed by atoms with Crippen LogP contribution in [-0.2, 0) is 10.8 Å². The van der Waals surface area contributed by atoms with E-state index >= 15 is 0 Å². The molecule has 1 heteroatoms. The highest BCUT2D eigenvalue weighted by Crippen LogP contribution is 2.58. The van der Waals surface area contributed by atoms with Crippen molar-refractivity contribution < 1.29 is 0 Å². The Hall–Kier alpha value is -8.00. The van der Waals surface area contributed by atoms with Gasteiger partial charge in [0.25, 0.3) is 0 Å². The zero-order chi connectivity index (χ0) is 43.5. The van der Waals surface area contributed by atoms with E-state index in [1.54, 1.807) is 0 Å². The molecule has 0 atom stereocenters. The van der Waals surface area contributed by atoms with Gasteiger partial charge in [0.2, 0.25) is 0 Å². The van der Waals surface area contributed by atoms with Crippen LogP contribution in [0.4, 0.5) is 17.1 Å². The molecule has 0 spiro atoms. The topological polar surface area (TPSA) is 3.24 Å². The summed E-state index contributed by atoms with van der Waals surface area (Å²) in [5.74, 6) is 0. The van der Waals surface area contributed by atoms with Crippen molar-refractivity contribution in [1.29, 1.82) is 0 Å². The summed E-state index contributed by atoms with van der Waals surface area (Å²) in [7, 11) is 0. The number of hydrogen-bond acceptors (Lipinski definition) is 1. The predicted molar refractivity (Wildman–Crippen MR) is 272 cm³/mol. The lowest BCUT2D eigenvalue weighted by Gasteiger charge is -2.35. The second kappa shape index (κ2) is 15.4. The van der Waals surface area contributed by atoms with Crippen molar-refractivity contribution in [1.82, 2.24) is 0 Å². The average molecular weight is 830 g/mol. The number of benzene rings is 10. The SMILES string of the molecule is CC1(C)c2ccccc2-c2cc(N(c3ccc4c(c3)C(c3ccccc3)(c3ccccc3)c3ccccc3-4)c3cccc(-c4ccccc4)c3-c3ccccc3-c3ccccc3)ccc21. The van der Waals surface area contributed by atoms with Gasteiger partial charge in [-0.15, -0.1) is 0 Å². The van der Waals surface area contributed by atoms with Crippen LogP contribution in [0.3, 0.4) is 0 Å². The van der Waals surface area contributed by atoms with Gasteiger partial charge in [0.15, 0.2) is 0 Å². The second-order valence-corrected chi connectivity index (χ2v) is 18.0. The molecule has 12 rings (SSSR count). The predicted octanol–water partition coefficient (Wildman–Crippen LogP) is 16.8. The molecule has 10 aromatic carbocycles. The number of fused-ring (bicyclic) bond motifs is 6. The third kappa shape index (κ3) is 6.00. The van der Waals surface area contributed by atoms with Gasteiger partial charge in [0.1, 0.15) is 0 Å². The summed E-state index contributed by atoms with van der Waals surface area (Å²) in [6.45, 7) is 4.73. The van der Waals surface area contributed by atoms with E-state index in [1.165, 1.54) is 89.0 Å². The lowest BCUT2D eigenvalue weighted by Crippen LogP contribution is -2.28. The molecule has 0 aromatic heterocycles. The third-order valence-electron chi connectivity index (χ3n) is 14.2. The van der Waals surface area contributed by atoms with E-state index in [-0.39, 0.29) is 5.41 Å². The molecule has 10 aromatic rings. The number of anilines is 3. The van der Waals surface area contributed by atoms with Crippen LogP contribution in [0.2, 0.25) is 0 Å². The van der Waals surface area contributed by atoms with Gasteiger partial charge in [-0.2, -0.15) is 0 Å². The molecule has 0 aliphatic heterocycles. The van der Waals surface area contributed by atoms with E-state index in [0.29, 0.717) is 0 Å². The van der Waals surface area contributed by atoms with Crippen molar-refractivity contribution in [3.05, 3.63) is 282 Å². The van der Waals surface area contributed by atoms with Crippen molar-refractivity contribution in [3.8, 4) is 55.6 Å². The fourth-order valence-electron chi connectivity index (χ4n) is 11.3. The first-order chi connectivity index (χ1) is 32.0. The van der Waals surface area contributed by atoms with Crippen LogP contribution in [0.25, 0.3) is 55.6 Å². The second-order valence-electron chi connectivity index (χ2n) is 18.0. The van der Waals surface area contributed by atoms with E-state index in [0.717, 1.165) is 17.1 Å². The van der Waals surface area contributed by atoms with E-state index in [1.807, 2.05) is 0 Å². The van der Waals surface area contributed by atoms with Gasteiger partial charge < -0.3 is 4.90 Å². The number of rotatable bonds is 8. The van der Waals surface area contributed by atoms with Crippen molar-refractivity contribution in [3.63, 3.8) is 0 Å². The molecule has 0 heterocycles. The minimum Gasteiger partial charge on any atom is -0.310 e. The van der Waals surface area contributed by atoms with E-state index in [2.05, 4.69) is 267 Å². The first-order valence-corrected chi connectivity index (χ1v) is 22.8. The zero-order valence-corrected chi connectivity index (χ0v) is 36.6. The van der Waals surface area contributed by atoms with E-state index in [9.17, 15) is 0 Å². The van der Waals surface area contributed by atoms with Gasteiger partial charge in [0.05, 0.1) is 11.1 Å². The van der Waals surface area contributed by atoms with Crippen LogP contribution in [0.5, 0.6) is 0 Å². The normalized spacial score (nSPS) is 13.6. The Labute approximate surface area is 382 Å². The fourth-order valence-corrected chi connectivity index (χ4v) is 11.3. The largest absolute Gasteiger partial charge is 0.310 e. The van der Waals surface area contributed by atoms with Gasteiger partial charge in [-0.05, 0) is 114 Å². The highest BCUT2D eigenvalue weighted by Gasteiger charge is 2.46. The summed E-state index contributed by atoms with van der Waals surface area (Å²) in [5.41, 5.74) is 22.7. The van der Waals surface area contributed by atoms with Gasteiger partial charge in [-0.3, -0.25) is 0 Å². The first kappa shape index (κ1) is 38.7. The summed E-state index contributed by atoms with van der Waals surface area (Å²) in [5, 5.41) is 0. The summed E-state index contributed by atoms with van der Waals surface area (Å²) < 4.78 is 0. The van der Waals surface area contributed by atoms with Crippen LogP contribution in [-0.4, -0.2) is 0 Å². The fraction of sp³-hybridized carbons (Fsp3) is 0.0625. The van der Waals surface area contributed by atoms with Gasteiger partial charge in [-0.25, -0.2) is 0 Å². The Morgan fingerprint density at radius 3 is 1.38 bits per heavy atom. The molecule has 0 bridgehead atoms. The molecule has 65 heavy (non-hydrogen) atoms. The molecule has 0 fully saturated rings. The Bertz CT molecular complexity index is 3350. The third-order valence-corrected chi connectivity index (χ3v) is 14.2. The van der Waals surface area contributed by atoms with Crippen molar-refractivity contribution in [2.75, 3.05) is 4.90 Å². The summed E-state index contributed by atoms with van der Waals surface area (Å²) in [6, 6.07) is 92.2. The standard InChI is InChI=1S/C64H47N/c1-63(2)57-35-19-17-32-53(57)56-42-48(39-41-58(56)63)65(61-37-21-34-51(45-24-9-4-10-25-45)62(61)55-33-16-15-30-50(55)44-22-7-3-8-23-44)49-38-40-54-52-31-18-20-36-59(52)64(60(54)43-49,46-26-11-5-12-27-46)47-28-13-6-14-29-47/h3-43H,1-2H3. The molecule has 0 saturated heterocycles. The highest BCUT2D eigenvalue weighted by molar-refractivity contribution is 6.02. The smallest absolute Gasteiger partial charge is 0.0714 e. The Balaban J connectivity index is 1.19. The summed E-state index contributed by atoms with van der Waals surface area (Å²) in [4.78, 5) is 2.54. The molecule has 2 aliphatic rings. The summed E-state index contributed by atoms with van der Waals surface area (Å²) in [6.07, 6.45) is 0. The maximum absolute atomic E-state index is 2.54. The molecule has 1 nitrogen and oxygen atoms in total. The molecule has 0 radical (unpaired) electrons. The maximum atomic E-state index is 2.54. The molecule has 308 valence electrons. The average Bonchev–Trinajstić information content (AvgIpc) is 3.80. The van der Waals surface area contributed by atoms with E-state index in [4.69, 9.17) is 0 Å². The Morgan fingerprint density at radius 1 is 0.292 bits per heavy atom. The van der Waals surface area contributed by atoms with Crippen LogP contribution < -0.4 is 4.90 Å². The molecule has 2 aliphatic carbocycles. The van der Waals surface area contributed by atoms with Crippen LogP contribution in [0.15, 0.2) is 249 Å². The number of nitrogens with zero attached hydrogens (tertiary/aromatic N) is 1. The van der Waals surface area contributed by atoms with Crippen molar-refractivity contribution in [2.45, 2.75) is 24.7 Å². The van der Waals surface area contributed by atoms with Crippen molar-refractivity contribution in [2.24, 2.45) is 0 Å². The van der Waals surface area contributed by atoms with Crippen molar-refractivity contribution >= 4 is 17.1 Å². The first-order valence-electron chi connectivity index (χ1n) is 22.8. The lowest BCUT2D eigenvalue weighted by molar-refractivity contribution is 0.660. The minimum atomic E-state index is -0.550. The van der Waals surface area contributed by atoms with Gasteiger partial charge in [-0.1, -0.05) is 232 Å². The monoisotopic (exact) mass is 829 g/mol. The quantitative estimate of drug-likeness (QED) is 0.147. The molecular weight excluding hydrogens is 783 g/mol. The van der Waals surface area contributed by atoms with Gasteiger partial charge >= 0.3 is 0 Å². The Morgan fingerprint density at radius 2 is 0.738 bits per heavy atom. The molecular formula is C64H47N. The Kier molecular flexibility index (Phi) is 9.14. The molecule has 0 amide bonds. The number of hydrogen-bond donors (Lipinski definition) is 0. The van der Waals surface area contributed by atoms with E-state index < -0.39 is 5.41 Å². The highest BCUT2D eigenvalue weighted by atomic mass is 15.1. The maximum Gasteiger partial charge on any atom is 0.0714 e. The molecule has 0 N–H and O–H groups in total. The van der Waals surface area contributed by atoms with Crippen LogP contribution in [0.1, 0.15) is 47.2 Å². The lowest BCUT2D eigenvalue weighted by atomic mass is 9.67. The zero-order valence-electron chi connectivity index (χ0n) is 36.6. The molecule has 0 saturated carbocycles. The van der Waals surface area contributed by atoms with Gasteiger partial charge in [0, 0.05) is 22.4 Å². The van der Waals surface area contributed by atoms with Crippen LogP contribution >= 0.6 is 0 Å². The van der Waals surface area contributed by atoms with Crippen LogP contribution in [0, 0.1) is 0 Å². The summed E-state index contributed by atoms with van der Waals surface area (Å²) >= 11 is 0. The minimum absolute atomic E-state index is 0.118.